The molecule has 2 nitrogen and oxygen atoms in total. The first kappa shape index (κ1) is 9.45. The molecule has 0 saturated carbocycles. The Balaban J connectivity index is 2.65. The van der Waals surface area contributed by atoms with Crippen LogP contribution in [0.3, 0.4) is 0 Å². The quantitative estimate of drug-likeness (QED) is 0.725. The van der Waals surface area contributed by atoms with Gasteiger partial charge in [0.15, 0.2) is 0 Å². The van der Waals surface area contributed by atoms with Crippen LogP contribution in [-0.4, -0.2) is 0 Å². The smallest absolute Gasteiger partial charge is 0.0998 e. The van der Waals surface area contributed by atoms with Gasteiger partial charge in [0.2, 0.25) is 0 Å². The zero-order valence-corrected chi connectivity index (χ0v) is 8.58. The standard InChI is InChI=1S/C12H6N2S/c13-6-9-1-2-10(7-14)12(5-9)11-3-4-15-8-11/h1-5,8H. The van der Waals surface area contributed by atoms with Crippen LogP contribution in [0, 0.1) is 22.7 Å². The molecule has 1 aromatic heterocycles. The minimum absolute atomic E-state index is 0.579. The SMILES string of the molecule is N#Cc1ccc(C#N)c(-c2ccsc2)c1. The second kappa shape index (κ2) is 3.96. The summed E-state index contributed by atoms with van der Waals surface area (Å²) in [4.78, 5) is 0. The summed E-state index contributed by atoms with van der Waals surface area (Å²) >= 11 is 1.57. The van der Waals surface area contributed by atoms with Gasteiger partial charge >= 0.3 is 0 Å². The molecule has 0 aliphatic carbocycles. The highest BCUT2D eigenvalue weighted by atomic mass is 32.1. The van der Waals surface area contributed by atoms with Crippen LogP contribution in [-0.2, 0) is 0 Å². The molecule has 0 atom stereocenters. The molecule has 0 N–H and O–H groups in total. The van der Waals surface area contributed by atoms with Crippen LogP contribution in [0.1, 0.15) is 11.1 Å². The topological polar surface area (TPSA) is 47.6 Å². The number of nitriles is 2. The molecular weight excluding hydrogens is 204 g/mol. The van der Waals surface area contributed by atoms with E-state index in [0.717, 1.165) is 11.1 Å². The maximum atomic E-state index is 8.95. The van der Waals surface area contributed by atoms with E-state index in [0.29, 0.717) is 11.1 Å². The zero-order valence-electron chi connectivity index (χ0n) is 7.77. The summed E-state index contributed by atoms with van der Waals surface area (Å²) in [6.07, 6.45) is 0. The summed E-state index contributed by atoms with van der Waals surface area (Å²) in [5, 5.41) is 21.7. The number of hydrogen-bond donors (Lipinski definition) is 0. The molecule has 0 fully saturated rings. The first-order valence-electron chi connectivity index (χ1n) is 4.32. The van der Waals surface area contributed by atoms with Crippen molar-refractivity contribution in [1.29, 1.82) is 10.5 Å². The Morgan fingerprint density at radius 1 is 1.07 bits per heavy atom. The van der Waals surface area contributed by atoms with Gasteiger partial charge in [0.25, 0.3) is 0 Å². The highest BCUT2D eigenvalue weighted by molar-refractivity contribution is 7.08. The number of thiophene rings is 1. The third kappa shape index (κ3) is 1.74. The molecule has 0 spiro atoms. The van der Waals surface area contributed by atoms with Crippen LogP contribution in [0.2, 0.25) is 0 Å². The Hall–Kier alpha value is -2.10. The Bertz CT molecular complexity index is 556. The van der Waals surface area contributed by atoms with Crippen molar-refractivity contribution in [2.24, 2.45) is 0 Å². The molecule has 2 aromatic rings. The van der Waals surface area contributed by atoms with E-state index in [-0.39, 0.29) is 0 Å². The van der Waals surface area contributed by atoms with Crippen molar-refractivity contribution in [1.82, 2.24) is 0 Å². The fourth-order valence-corrected chi connectivity index (χ4v) is 2.02. The van der Waals surface area contributed by atoms with Gasteiger partial charge in [-0.15, -0.1) is 0 Å². The Morgan fingerprint density at radius 3 is 2.53 bits per heavy atom. The van der Waals surface area contributed by atoms with E-state index in [2.05, 4.69) is 12.1 Å². The van der Waals surface area contributed by atoms with E-state index < -0.39 is 0 Å². The molecule has 0 saturated heterocycles. The number of nitrogens with zero attached hydrogens (tertiary/aromatic N) is 2. The summed E-state index contributed by atoms with van der Waals surface area (Å²) in [6.45, 7) is 0. The van der Waals surface area contributed by atoms with E-state index in [9.17, 15) is 0 Å². The van der Waals surface area contributed by atoms with Gasteiger partial charge in [0, 0.05) is 5.56 Å². The van der Waals surface area contributed by atoms with E-state index in [1.54, 1.807) is 29.5 Å². The molecule has 0 aliphatic heterocycles. The molecule has 0 unspecified atom stereocenters. The van der Waals surface area contributed by atoms with Crippen molar-refractivity contribution in [2.45, 2.75) is 0 Å². The van der Waals surface area contributed by atoms with Gasteiger partial charge in [-0.05, 0) is 40.6 Å². The Labute approximate surface area is 91.6 Å². The van der Waals surface area contributed by atoms with E-state index in [4.69, 9.17) is 10.5 Å². The molecule has 1 heterocycles. The predicted octanol–water partition coefficient (Wildman–Crippen LogP) is 3.16. The molecule has 3 heteroatoms. The third-order valence-electron chi connectivity index (χ3n) is 2.10. The normalized spacial score (nSPS) is 9.20. The lowest BCUT2D eigenvalue weighted by Crippen LogP contribution is -1.84. The van der Waals surface area contributed by atoms with Crippen molar-refractivity contribution in [3.63, 3.8) is 0 Å². The van der Waals surface area contributed by atoms with Crippen LogP contribution in [0.25, 0.3) is 11.1 Å². The number of hydrogen-bond acceptors (Lipinski definition) is 3. The van der Waals surface area contributed by atoms with Crippen molar-refractivity contribution >= 4 is 11.3 Å². The lowest BCUT2D eigenvalue weighted by Gasteiger charge is -2.01. The molecule has 2 rings (SSSR count). The Kier molecular flexibility index (Phi) is 2.49. The fraction of sp³-hybridized carbons (Fsp3) is 0. The average molecular weight is 210 g/mol. The third-order valence-corrected chi connectivity index (χ3v) is 2.78. The second-order valence-electron chi connectivity index (χ2n) is 3.00. The fourth-order valence-electron chi connectivity index (χ4n) is 1.37. The van der Waals surface area contributed by atoms with E-state index >= 15 is 0 Å². The van der Waals surface area contributed by atoms with Crippen LogP contribution >= 0.6 is 11.3 Å². The molecule has 0 radical (unpaired) electrons. The average Bonchev–Trinajstić information content (AvgIpc) is 2.81. The number of benzene rings is 1. The van der Waals surface area contributed by atoms with Gasteiger partial charge in [0.1, 0.15) is 0 Å². The first-order valence-corrected chi connectivity index (χ1v) is 5.26. The second-order valence-corrected chi connectivity index (χ2v) is 3.78. The van der Waals surface area contributed by atoms with Crippen molar-refractivity contribution in [2.75, 3.05) is 0 Å². The van der Waals surface area contributed by atoms with Crippen molar-refractivity contribution < 1.29 is 0 Å². The minimum Gasteiger partial charge on any atom is -0.192 e. The molecule has 0 aliphatic rings. The van der Waals surface area contributed by atoms with Gasteiger partial charge in [0.05, 0.1) is 23.3 Å². The number of rotatable bonds is 1. The zero-order chi connectivity index (χ0) is 10.7. The maximum Gasteiger partial charge on any atom is 0.0998 e. The van der Waals surface area contributed by atoms with Crippen LogP contribution in [0.5, 0.6) is 0 Å². The van der Waals surface area contributed by atoms with E-state index in [1.165, 1.54) is 0 Å². The highest BCUT2D eigenvalue weighted by Crippen LogP contribution is 2.26. The summed E-state index contributed by atoms with van der Waals surface area (Å²) in [7, 11) is 0. The van der Waals surface area contributed by atoms with Crippen LogP contribution in [0.15, 0.2) is 35.0 Å². The lowest BCUT2D eigenvalue weighted by atomic mass is 10.0. The van der Waals surface area contributed by atoms with Gasteiger partial charge < -0.3 is 0 Å². The van der Waals surface area contributed by atoms with Crippen molar-refractivity contribution in [3.8, 4) is 23.3 Å². The predicted molar refractivity (Wildman–Crippen MR) is 59.2 cm³/mol. The lowest BCUT2D eigenvalue weighted by molar-refractivity contribution is 1.45. The molecular formula is C12H6N2S. The summed E-state index contributed by atoms with van der Waals surface area (Å²) in [6, 6.07) is 11.2. The molecule has 70 valence electrons. The van der Waals surface area contributed by atoms with Gasteiger partial charge in [-0.25, -0.2) is 0 Å². The van der Waals surface area contributed by atoms with Gasteiger partial charge in [-0.3, -0.25) is 0 Å². The monoisotopic (exact) mass is 210 g/mol. The molecule has 1 aromatic carbocycles. The summed E-state index contributed by atoms with van der Waals surface area (Å²) < 4.78 is 0. The molecule has 15 heavy (non-hydrogen) atoms. The Morgan fingerprint density at radius 2 is 1.93 bits per heavy atom. The molecule has 0 bridgehead atoms. The van der Waals surface area contributed by atoms with Crippen LogP contribution in [0.4, 0.5) is 0 Å². The highest BCUT2D eigenvalue weighted by Gasteiger charge is 2.06. The van der Waals surface area contributed by atoms with Gasteiger partial charge in [-0.1, -0.05) is 0 Å². The summed E-state index contributed by atoms with van der Waals surface area (Å²) in [5.41, 5.74) is 3.01. The van der Waals surface area contributed by atoms with E-state index in [1.807, 2.05) is 16.8 Å². The van der Waals surface area contributed by atoms with Crippen LogP contribution < -0.4 is 0 Å². The maximum absolute atomic E-state index is 8.95. The first-order chi connectivity index (χ1) is 7.35. The van der Waals surface area contributed by atoms with Crippen molar-refractivity contribution in [3.05, 3.63) is 46.2 Å². The molecule has 0 amide bonds. The largest absolute Gasteiger partial charge is 0.192 e. The summed E-state index contributed by atoms with van der Waals surface area (Å²) in [5.74, 6) is 0. The minimum atomic E-state index is 0.579. The van der Waals surface area contributed by atoms with Gasteiger partial charge in [-0.2, -0.15) is 21.9 Å².